The number of primary amides is 1. The highest BCUT2D eigenvalue weighted by Crippen LogP contribution is 2.35. The third-order valence-corrected chi connectivity index (χ3v) is 6.90. The van der Waals surface area contributed by atoms with Gasteiger partial charge in [-0.25, -0.2) is 0 Å². The van der Waals surface area contributed by atoms with Gasteiger partial charge in [0.25, 0.3) is 5.91 Å². The fourth-order valence-electron chi connectivity index (χ4n) is 5.01. The fraction of sp³-hybridized carbons (Fsp3) is 0.241. The van der Waals surface area contributed by atoms with E-state index >= 15 is 0 Å². The third kappa shape index (κ3) is 5.34. The zero-order chi connectivity index (χ0) is 26.6. The first-order chi connectivity index (χ1) is 18.4. The van der Waals surface area contributed by atoms with Gasteiger partial charge in [-0.1, -0.05) is 24.3 Å². The highest BCUT2D eigenvalue weighted by molar-refractivity contribution is 6.05. The van der Waals surface area contributed by atoms with Gasteiger partial charge in [0.05, 0.1) is 29.2 Å². The minimum atomic E-state index is -0.610. The van der Waals surface area contributed by atoms with E-state index in [0.717, 1.165) is 58.8 Å². The minimum Gasteiger partial charge on any atom is -0.393 e. The Hall–Kier alpha value is -4.34. The molecule has 0 saturated heterocycles. The van der Waals surface area contributed by atoms with Crippen molar-refractivity contribution in [1.29, 1.82) is 0 Å². The summed E-state index contributed by atoms with van der Waals surface area (Å²) in [5.41, 5.74) is 10.5. The first-order valence-electron chi connectivity index (χ1n) is 12.6. The summed E-state index contributed by atoms with van der Waals surface area (Å²) < 4.78 is 0. The number of carbonyl (C=O) groups excluding carboxylic acids is 2. The van der Waals surface area contributed by atoms with E-state index in [1.807, 2.05) is 36.4 Å². The zero-order valence-electron chi connectivity index (χ0n) is 20.7. The number of nitrogens with zero attached hydrogens (tertiary/aromatic N) is 2. The van der Waals surface area contributed by atoms with Crippen LogP contribution in [0.25, 0.3) is 33.2 Å². The average Bonchev–Trinajstić information content (AvgIpc) is 2.93. The van der Waals surface area contributed by atoms with Crippen LogP contribution >= 0.6 is 0 Å². The molecule has 1 aliphatic rings. The predicted molar refractivity (Wildman–Crippen MR) is 147 cm³/mol. The summed E-state index contributed by atoms with van der Waals surface area (Å²) in [7, 11) is 0. The van der Waals surface area contributed by atoms with Gasteiger partial charge in [0.2, 0.25) is 5.91 Å². The number of nitrogens with one attached hydrogen (secondary N) is 2. The number of aliphatic hydroxyl groups excluding tert-OH is 2. The molecule has 9 nitrogen and oxygen atoms in total. The van der Waals surface area contributed by atoms with Gasteiger partial charge in [0, 0.05) is 40.6 Å². The predicted octanol–water partition coefficient (Wildman–Crippen LogP) is 3.71. The van der Waals surface area contributed by atoms with Gasteiger partial charge in [-0.3, -0.25) is 19.6 Å². The summed E-state index contributed by atoms with van der Waals surface area (Å²) >= 11 is 0. The molecule has 9 heteroatoms. The quantitative estimate of drug-likeness (QED) is 0.254. The van der Waals surface area contributed by atoms with Crippen molar-refractivity contribution in [2.75, 3.05) is 17.2 Å². The molecule has 1 saturated carbocycles. The minimum absolute atomic E-state index is 0.143. The molecule has 0 atom stereocenters. The maximum atomic E-state index is 12.2. The van der Waals surface area contributed by atoms with E-state index in [9.17, 15) is 14.7 Å². The Morgan fingerprint density at radius 3 is 2.55 bits per heavy atom. The number of anilines is 2. The Balaban J connectivity index is 1.54. The van der Waals surface area contributed by atoms with E-state index in [-0.39, 0.29) is 12.1 Å². The van der Waals surface area contributed by atoms with E-state index in [1.165, 1.54) is 6.20 Å². The van der Waals surface area contributed by atoms with Crippen molar-refractivity contribution in [2.45, 2.75) is 37.8 Å². The Morgan fingerprint density at radius 2 is 1.79 bits per heavy atom. The van der Waals surface area contributed by atoms with Crippen molar-refractivity contribution >= 4 is 34.0 Å². The number of carbonyl (C=O) groups is 2. The second-order valence-electron chi connectivity index (χ2n) is 9.50. The van der Waals surface area contributed by atoms with Crippen LogP contribution in [0.2, 0.25) is 0 Å². The number of aliphatic hydroxyl groups is 2. The van der Waals surface area contributed by atoms with Gasteiger partial charge in [-0.05, 0) is 60.9 Å². The average molecular weight is 512 g/mol. The number of fused-ring (bicyclic) bond motifs is 1. The smallest absolute Gasteiger partial charge is 0.250 e. The molecule has 0 aliphatic heterocycles. The van der Waals surface area contributed by atoms with Gasteiger partial charge in [-0.15, -0.1) is 0 Å². The molecule has 0 radical (unpaired) electrons. The lowest BCUT2D eigenvalue weighted by molar-refractivity contribution is -0.118. The number of hydrogen-bond donors (Lipinski definition) is 5. The van der Waals surface area contributed by atoms with Crippen LogP contribution in [0.4, 0.5) is 11.4 Å². The summed E-state index contributed by atoms with van der Waals surface area (Å²) in [5, 5.41) is 26.9. The molecule has 4 aromatic rings. The molecule has 1 fully saturated rings. The third-order valence-electron chi connectivity index (χ3n) is 6.90. The van der Waals surface area contributed by atoms with Crippen LogP contribution in [0.3, 0.4) is 0 Å². The van der Waals surface area contributed by atoms with Gasteiger partial charge in [-0.2, -0.15) is 0 Å². The molecule has 2 amide bonds. The molecule has 0 bridgehead atoms. The van der Waals surface area contributed by atoms with Gasteiger partial charge >= 0.3 is 0 Å². The molecular formula is C29H29N5O4. The molecule has 1 aliphatic carbocycles. The number of rotatable bonds is 7. The molecule has 0 unspecified atom stereocenters. The van der Waals surface area contributed by atoms with Crippen LogP contribution in [0.15, 0.2) is 67.1 Å². The topological polar surface area (TPSA) is 150 Å². The summed E-state index contributed by atoms with van der Waals surface area (Å²) in [6, 6.07) is 15.3. The first kappa shape index (κ1) is 25.3. The van der Waals surface area contributed by atoms with Crippen LogP contribution in [0.5, 0.6) is 0 Å². The Kier molecular flexibility index (Phi) is 7.30. The second-order valence-corrected chi connectivity index (χ2v) is 9.50. The Morgan fingerprint density at radius 1 is 0.974 bits per heavy atom. The molecule has 2 aromatic carbocycles. The standard InChI is InChI=1S/C29H29N5O4/c30-29(38)25-9-4-17(13-26(25)33-19-5-7-21(36)8-6-19)28-24-3-1-2-22(23(24)10-11-32-28)18-12-20(15-31-14-18)34-27(37)16-35/h1-4,9-15,19,21,33,35-36H,5-8,16H2,(H2,30,38)(H,34,37). The molecule has 2 aromatic heterocycles. The molecule has 6 N–H and O–H groups in total. The Labute approximate surface area is 219 Å². The monoisotopic (exact) mass is 511 g/mol. The van der Waals surface area contributed by atoms with Crippen LogP contribution < -0.4 is 16.4 Å². The lowest BCUT2D eigenvalue weighted by atomic mass is 9.92. The summed E-state index contributed by atoms with van der Waals surface area (Å²) in [4.78, 5) is 32.7. The summed E-state index contributed by atoms with van der Waals surface area (Å²) in [6.45, 7) is -0.610. The summed E-state index contributed by atoms with van der Waals surface area (Å²) in [5.74, 6) is -1.02. The number of benzene rings is 2. The summed E-state index contributed by atoms with van der Waals surface area (Å²) in [6.07, 6.45) is 7.77. The van der Waals surface area contributed by atoms with Crippen molar-refractivity contribution in [3.63, 3.8) is 0 Å². The lowest BCUT2D eigenvalue weighted by Gasteiger charge is -2.28. The van der Waals surface area contributed by atoms with E-state index in [1.54, 1.807) is 24.5 Å². The number of nitrogens with two attached hydrogens (primary N) is 1. The molecule has 5 rings (SSSR count). The number of amides is 2. The number of hydrogen-bond acceptors (Lipinski definition) is 7. The lowest BCUT2D eigenvalue weighted by Crippen LogP contribution is -2.29. The van der Waals surface area contributed by atoms with Crippen molar-refractivity contribution in [3.05, 3.63) is 72.7 Å². The van der Waals surface area contributed by atoms with Crippen LogP contribution in [-0.2, 0) is 4.79 Å². The van der Waals surface area contributed by atoms with Crippen molar-refractivity contribution in [3.8, 4) is 22.4 Å². The Bertz CT molecular complexity index is 1500. The fourth-order valence-corrected chi connectivity index (χ4v) is 5.01. The number of aromatic nitrogens is 2. The van der Waals surface area contributed by atoms with Gasteiger partial charge in [0.15, 0.2) is 0 Å². The molecule has 0 spiro atoms. The maximum Gasteiger partial charge on any atom is 0.250 e. The molecule has 2 heterocycles. The first-order valence-corrected chi connectivity index (χ1v) is 12.6. The van der Waals surface area contributed by atoms with Crippen LogP contribution in [0.1, 0.15) is 36.0 Å². The molecular weight excluding hydrogens is 482 g/mol. The van der Waals surface area contributed by atoms with Crippen molar-refractivity contribution in [2.24, 2.45) is 5.73 Å². The number of pyridine rings is 2. The van der Waals surface area contributed by atoms with E-state index in [4.69, 9.17) is 10.8 Å². The highest BCUT2D eigenvalue weighted by Gasteiger charge is 2.21. The zero-order valence-corrected chi connectivity index (χ0v) is 20.7. The maximum absolute atomic E-state index is 12.2. The largest absolute Gasteiger partial charge is 0.393 e. The van der Waals surface area contributed by atoms with E-state index < -0.39 is 18.4 Å². The highest BCUT2D eigenvalue weighted by atomic mass is 16.3. The second kappa shape index (κ2) is 11.0. The van der Waals surface area contributed by atoms with Crippen LogP contribution in [-0.4, -0.2) is 50.7 Å². The van der Waals surface area contributed by atoms with Gasteiger partial charge < -0.3 is 26.6 Å². The molecule has 194 valence electrons. The van der Waals surface area contributed by atoms with Crippen LogP contribution in [0, 0.1) is 0 Å². The van der Waals surface area contributed by atoms with E-state index in [2.05, 4.69) is 20.6 Å². The molecule has 38 heavy (non-hydrogen) atoms. The van der Waals surface area contributed by atoms with Gasteiger partial charge in [0.1, 0.15) is 6.61 Å². The van der Waals surface area contributed by atoms with E-state index in [0.29, 0.717) is 16.9 Å². The normalized spacial score (nSPS) is 17.2. The van der Waals surface area contributed by atoms with Crippen molar-refractivity contribution in [1.82, 2.24) is 9.97 Å². The van der Waals surface area contributed by atoms with Crippen molar-refractivity contribution < 1.29 is 19.8 Å². The SMILES string of the molecule is NC(=O)c1ccc(-c2nccc3c(-c4cncc(NC(=O)CO)c4)cccc23)cc1NC1CCC(O)CC1.